The smallest absolute Gasteiger partial charge is 0.270 e. The summed E-state index contributed by atoms with van der Waals surface area (Å²) in [6.45, 7) is 0.188. The van der Waals surface area contributed by atoms with Crippen LogP contribution in [0.1, 0.15) is 10.5 Å². The molecule has 1 aromatic rings. The van der Waals surface area contributed by atoms with E-state index in [2.05, 4.69) is 16.2 Å². The van der Waals surface area contributed by atoms with Gasteiger partial charge in [0.15, 0.2) is 0 Å². The van der Waals surface area contributed by atoms with Gasteiger partial charge in [0.1, 0.15) is 5.69 Å². The minimum atomic E-state index is -0.319. The van der Waals surface area contributed by atoms with Crippen molar-refractivity contribution in [2.75, 3.05) is 6.54 Å². The molecule has 66 valence electrons. The summed E-state index contributed by atoms with van der Waals surface area (Å²) < 4.78 is 0. The molecule has 0 radical (unpaired) electrons. The maximum absolute atomic E-state index is 11.2. The molecule has 0 fully saturated rings. The third kappa shape index (κ3) is 2.77. The summed E-state index contributed by atoms with van der Waals surface area (Å²) in [7, 11) is 0. The highest BCUT2D eigenvalue weighted by atomic mass is 35.5. The average molecular weight is 195 g/mol. The standard InChI is InChI=1S/C9H7ClN2O/c1-2-4-12-9(13)8-6-7(10)3-5-11-8/h1,3,5-6H,4H2,(H,12,13). The monoisotopic (exact) mass is 194 g/mol. The Bertz CT molecular complexity index is 357. The second-order valence-electron chi connectivity index (χ2n) is 2.25. The lowest BCUT2D eigenvalue weighted by Gasteiger charge is -1.99. The Morgan fingerprint density at radius 1 is 1.77 bits per heavy atom. The van der Waals surface area contributed by atoms with Crippen LogP contribution in [0.5, 0.6) is 0 Å². The lowest BCUT2D eigenvalue weighted by atomic mass is 10.3. The van der Waals surface area contributed by atoms with Crippen molar-refractivity contribution in [3.63, 3.8) is 0 Å². The molecule has 4 heteroatoms. The summed E-state index contributed by atoms with van der Waals surface area (Å²) in [5.41, 5.74) is 0.266. The number of halogens is 1. The Labute approximate surface area is 81.1 Å². The number of rotatable bonds is 2. The van der Waals surface area contributed by atoms with Gasteiger partial charge in [-0.3, -0.25) is 9.78 Å². The Morgan fingerprint density at radius 2 is 2.54 bits per heavy atom. The lowest BCUT2D eigenvalue weighted by molar-refractivity contribution is 0.0954. The maximum atomic E-state index is 11.2. The van der Waals surface area contributed by atoms with E-state index in [9.17, 15) is 4.79 Å². The molecule has 0 aliphatic carbocycles. The Hall–Kier alpha value is -1.53. The molecule has 0 saturated heterocycles. The number of pyridine rings is 1. The average Bonchev–Trinajstić information content (AvgIpc) is 2.14. The van der Waals surface area contributed by atoms with E-state index in [0.29, 0.717) is 5.02 Å². The fourth-order valence-corrected chi connectivity index (χ4v) is 0.910. The van der Waals surface area contributed by atoms with E-state index in [4.69, 9.17) is 18.0 Å². The van der Waals surface area contributed by atoms with Crippen LogP contribution >= 0.6 is 11.6 Å². The lowest BCUT2D eigenvalue weighted by Crippen LogP contribution is -2.24. The number of nitrogens with zero attached hydrogens (tertiary/aromatic N) is 1. The van der Waals surface area contributed by atoms with Crippen molar-refractivity contribution >= 4 is 17.5 Å². The number of amides is 1. The highest BCUT2D eigenvalue weighted by Gasteiger charge is 2.05. The number of terminal acetylenes is 1. The van der Waals surface area contributed by atoms with E-state index in [1.807, 2.05) is 0 Å². The van der Waals surface area contributed by atoms with Gasteiger partial charge in [0.25, 0.3) is 5.91 Å². The van der Waals surface area contributed by atoms with Crippen LogP contribution < -0.4 is 5.32 Å². The molecule has 0 aliphatic heterocycles. The molecule has 1 N–H and O–H groups in total. The van der Waals surface area contributed by atoms with Crippen LogP contribution in [0, 0.1) is 12.3 Å². The molecule has 0 aliphatic rings. The topological polar surface area (TPSA) is 42.0 Å². The fourth-order valence-electron chi connectivity index (χ4n) is 0.751. The summed E-state index contributed by atoms with van der Waals surface area (Å²) in [4.78, 5) is 15.1. The molecule has 1 heterocycles. The van der Waals surface area contributed by atoms with Crippen molar-refractivity contribution < 1.29 is 4.79 Å². The van der Waals surface area contributed by atoms with E-state index >= 15 is 0 Å². The van der Waals surface area contributed by atoms with Crippen LogP contribution in [0.25, 0.3) is 0 Å². The normalized spacial score (nSPS) is 8.92. The molecule has 0 aromatic carbocycles. The third-order valence-electron chi connectivity index (χ3n) is 1.31. The van der Waals surface area contributed by atoms with Crippen LogP contribution in [-0.2, 0) is 0 Å². The van der Waals surface area contributed by atoms with Crippen LogP contribution in [0.2, 0.25) is 5.02 Å². The third-order valence-corrected chi connectivity index (χ3v) is 1.54. The van der Waals surface area contributed by atoms with Gasteiger partial charge in [-0.15, -0.1) is 6.42 Å². The summed E-state index contributed by atoms with van der Waals surface area (Å²) in [6.07, 6.45) is 6.44. The van der Waals surface area contributed by atoms with E-state index < -0.39 is 0 Å². The SMILES string of the molecule is C#CCNC(=O)c1cc(Cl)ccn1. The molecular formula is C9H7ClN2O. The minimum Gasteiger partial charge on any atom is -0.340 e. The summed E-state index contributed by atoms with van der Waals surface area (Å²) >= 11 is 5.66. The van der Waals surface area contributed by atoms with Crippen molar-refractivity contribution in [1.29, 1.82) is 0 Å². The quantitative estimate of drug-likeness (QED) is 0.717. The zero-order chi connectivity index (χ0) is 9.68. The predicted molar refractivity (Wildman–Crippen MR) is 50.4 cm³/mol. The summed E-state index contributed by atoms with van der Waals surface area (Å²) in [5.74, 6) is 1.97. The van der Waals surface area contributed by atoms with Gasteiger partial charge in [0, 0.05) is 11.2 Å². The Morgan fingerprint density at radius 3 is 3.15 bits per heavy atom. The minimum absolute atomic E-state index is 0.188. The molecule has 0 saturated carbocycles. The molecule has 0 spiro atoms. The summed E-state index contributed by atoms with van der Waals surface area (Å²) in [6, 6.07) is 3.08. The van der Waals surface area contributed by atoms with Gasteiger partial charge in [-0.25, -0.2) is 0 Å². The van der Waals surface area contributed by atoms with E-state index in [-0.39, 0.29) is 18.1 Å². The molecule has 0 atom stereocenters. The number of nitrogens with one attached hydrogen (secondary N) is 1. The van der Waals surface area contributed by atoms with Gasteiger partial charge >= 0.3 is 0 Å². The van der Waals surface area contributed by atoms with Crippen molar-refractivity contribution in [3.8, 4) is 12.3 Å². The second kappa shape index (κ2) is 4.48. The van der Waals surface area contributed by atoms with Gasteiger partial charge in [-0.2, -0.15) is 0 Å². The van der Waals surface area contributed by atoms with Crippen molar-refractivity contribution in [2.24, 2.45) is 0 Å². The van der Waals surface area contributed by atoms with Gasteiger partial charge in [-0.1, -0.05) is 17.5 Å². The highest BCUT2D eigenvalue weighted by molar-refractivity contribution is 6.30. The van der Waals surface area contributed by atoms with Crippen LogP contribution in [-0.4, -0.2) is 17.4 Å². The molecule has 0 bridgehead atoms. The van der Waals surface area contributed by atoms with Crippen LogP contribution in [0.4, 0.5) is 0 Å². The molecule has 1 amide bonds. The number of hydrogen-bond acceptors (Lipinski definition) is 2. The first-order valence-electron chi connectivity index (χ1n) is 3.57. The summed E-state index contributed by atoms with van der Waals surface area (Å²) in [5, 5.41) is 2.95. The zero-order valence-electron chi connectivity index (χ0n) is 6.75. The first-order chi connectivity index (χ1) is 6.24. The molecule has 3 nitrogen and oxygen atoms in total. The van der Waals surface area contributed by atoms with Crippen LogP contribution in [0.15, 0.2) is 18.3 Å². The van der Waals surface area contributed by atoms with Gasteiger partial charge in [-0.05, 0) is 12.1 Å². The first-order valence-corrected chi connectivity index (χ1v) is 3.95. The van der Waals surface area contributed by atoms with Gasteiger partial charge in [0.2, 0.25) is 0 Å². The van der Waals surface area contributed by atoms with E-state index in [0.717, 1.165) is 0 Å². The number of hydrogen-bond donors (Lipinski definition) is 1. The first kappa shape index (κ1) is 9.56. The fraction of sp³-hybridized carbons (Fsp3) is 0.111. The predicted octanol–water partition coefficient (Wildman–Crippen LogP) is 1.10. The highest BCUT2D eigenvalue weighted by Crippen LogP contribution is 2.07. The Balaban J connectivity index is 2.72. The largest absolute Gasteiger partial charge is 0.340 e. The zero-order valence-corrected chi connectivity index (χ0v) is 7.51. The van der Waals surface area contributed by atoms with E-state index in [1.54, 1.807) is 6.07 Å². The molecule has 0 unspecified atom stereocenters. The van der Waals surface area contributed by atoms with Gasteiger partial charge in [0.05, 0.1) is 6.54 Å². The Kier molecular flexibility index (Phi) is 3.30. The van der Waals surface area contributed by atoms with Crippen molar-refractivity contribution in [1.82, 2.24) is 10.3 Å². The second-order valence-corrected chi connectivity index (χ2v) is 2.68. The van der Waals surface area contributed by atoms with Crippen molar-refractivity contribution in [3.05, 3.63) is 29.0 Å². The van der Waals surface area contributed by atoms with E-state index in [1.165, 1.54) is 12.3 Å². The number of carbonyl (C=O) groups is 1. The number of aromatic nitrogens is 1. The van der Waals surface area contributed by atoms with Crippen LogP contribution in [0.3, 0.4) is 0 Å². The maximum Gasteiger partial charge on any atom is 0.270 e. The number of carbonyl (C=O) groups excluding carboxylic acids is 1. The molecule has 1 rings (SSSR count). The van der Waals surface area contributed by atoms with Gasteiger partial charge < -0.3 is 5.32 Å². The van der Waals surface area contributed by atoms with Crippen molar-refractivity contribution in [2.45, 2.75) is 0 Å². The molecular weight excluding hydrogens is 188 g/mol. The molecule has 1 aromatic heterocycles. The molecule has 13 heavy (non-hydrogen) atoms.